The summed E-state index contributed by atoms with van der Waals surface area (Å²) < 4.78 is 5.39. The zero-order valence-electron chi connectivity index (χ0n) is 13.9. The Morgan fingerprint density at radius 2 is 1.74 bits per heavy atom. The minimum atomic E-state index is -0.455. The van der Waals surface area contributed by atoms with Crippen LogP contribution in [0.4, 0.5) is 4.79 Å². The summed E-state index contributed by atoms with van der Waals surface area (Å²) in [4.78, 5) is 13.8. The van der Waals surface area contributed by atoms with Crippen LogP contribution in [0.2, 0.25) is 0 Å². The van der Waals surface area contributed by atoms with Crippen LogP contribution in [-0.2, 0) is 4.74 Å². The van der Waals surface area contributed by atoms with Crippen LogP contribution in [0.25, 0.3) is 0 Å². The van der Waals surface area contributed by atoms with Crippen molar-refractivity contribution in [3.05, 3.63) is 35.4 Å². The Balaban J connectivity index is 1.86. The highest BCUT2D eigenvalue weighted by Crippen LogP contribution is 2.19. The second-order valence-corrected chi connectivity index (χ2v) is 6.70. The van der Waals surface area contributed by atoms with Crippen molar-refractivity contribution in [2.45, 2.75) is 39.2 Å². The summed E-state index contributed by atoms with van der Waals surface area (Å²) in [5.41, 5.74) is 1.10. The highest BCUT2D eigenvalue weighted by molar-refractivity contribution is 5.68. The number of ether oxygens (including phenoxy) is 1. The minimum absolute atomic E-state index is 0.240. The van der Waals surface area contributed by atoms with Crippen molar-refractivity contribution in [3.8, 4) is 17.9 Å². The van der Waals surface area contributed by atoms with Gasteiger partial charge in [0.25, 0.3) is 0 Å². The van der Waals surface area contributed by atoms with Crippen LogP contribution in [0.3, 0.4) is 0 Å². The first-order chi connectivity index (χ1) is 10.9. The van der Waals surface area contributed by atoms with Gasteiger partial charge in [0.05, 0.1) is 11.6 Å². The lowest BCUT2D eigenvalue weighted by Gasteiger charge is -2.31. The molecule has 1 saturated heterocycles. The topological polar surface area (TPSA) is 53.3 Å². The molecule has 0 atom stereocenters. The van der Waals surface area contributed by atoms with Crippen molar-refractivity contribution in [1.29, 1.82) is 5.26 Å². The zero-order valence-corrected chi connectivity index (χ0v) is 13.9. The van der Waals surface area contributed by atoms with Gasteiger partial charge in [-0.2, -0.15) is 5.26 Å². The quantitative estimate of drug-likeness (QED) is 0.689. The molecule has 1 aliphatic rings. The number of benzene rings is 1. The van der Waals surface area contributed by atoms with Crippen LogP contribution < -0.4 is 0 Å². The summed E-state index contributed by atoms with van der Waals surface area (Å²) in [6, 6.07) is 9.36. The SMILES string of the molecule is CC(C)(C)OC(=O)N1CCC(C#Cc2ccc(C#N)cc2)CC1. The molecular formula is C19H22N2O2. The molecule has 0 bridgehead atoms. The summed E-state index contributed by atoms with van der Waals surface area (Å²) in [5.74, 6) is 6.72. The van der Waals surface area contributed by atoms with Gasteiger partial charge in [-0.25, -0.2) is 4.79 Å². The number of nitriles is 1. The van der Waals surface area contributed by atoms with E-state index >= 15 is 0 Å². The van der Waals surface area contributed by atoms with Crippen molar-refractivity contribution >= 4 is 6.09 Å². The van der Waals surface area contributed by atoms with E-state index in [1.54, 1.807) is 17.0 Å². The van der Waals surface area contributed by atoms with E-state index < -0.39 is 5.60 Å². The van der Waals surface area contributed by atoms with Gasteiger partial charge in [0.2, 0.25) is 0 Å². The number of amides is 1. The van der Waals surface area contributed by atoms with Gasteiger partial charge in [0.15, 0.2) is 0 Å². The second kappa shape index (κ2) is 7.20. The molecule has 4 nitrogen and oxygen atoms in total. The third-order valence-corrected chi connectivity index (χ3v) is 3.58. The van der Waals surface area contributed by atoms with E-state index in [2.05, 4.69) is 17.9 Å². The van der Waals surface area contributed by atoms with Crippen molar-refractivity contribution in [2.24, 2.45) is 5.92 Å². The first kappa shape index (κ1) is 16.9. The summed E-state index contributed by atoms with van der Waals surface area (Å²) >= 11 is 0. The predicted octanol–water partition coefficient (Wildman–Crippen LogP) is 3.56. The standard InChI is InChI=1S/C19H22N2O2/c1-19(2,3)23-18(22)21-12-10-16(11-13-21)5-4-15-6-8-17(14-20)9-7-15/h6-9,16H,10-13H2,1-3H3. The summed E-state index contributed by atoms with van der Waals surface area (Å²) in [6.45, 7) is 6.99. The molecule has 1 aromatic rings. The fourth-order valence-corrected chi connectivity index (χ4v) is 2.35. The van der Waals surface area contributed by atoms with E-state index in [0.717, 1.165) is 18.4 Å². The number of nitrogens with zero attached hydrogens (tertiary/aromatic N) is 2. The van der Waals surface area contributed by atoms with E-state index in [4.69, 9.17) is 10.00 Å². The molecule has 0 N–H and O–H groups in total. The second-order valence-electron chi connectivity index (χ2n) is 6.70. The molecule has 120 valence electrons. The van der Waals surface area contributed by atoms with E-state index in [1.165, 1.54) is 0 Å². The van der Waals surface area contributed by atoms with E-state index in [-0.39, 0.29) is 6.09 Å². The predicted molar refractivity (Wildman–Crippen MR) is 88.6 cm³/mol. The van der Waals surface area contributed by atoms with E-state index in [1.807, 2.05) is 32.9 Å². The number of hydrogen-bond donors (Lipinski definition) is 0. The normalized spacial score (nSPS) is 15.3. The molecular weight excluding hydrogens is 288 g/mol. The molecule has 4 heteroatoms. The summed E-state index contributed by atoms with van der Waals surface area (Å²) in [5, 5.41) is 8.77. The lowest BCUT2D eigenvalue weighted by atomic mass is 9.97. The highest BCUT2D eigenvalue weighted by atomic mass is 16.6. The van der Waals surface area contributed by atoms with Crippen LogP contribution in [-0.4, -0.2) is 29.7 Å². The van der Waals surface area contributed by atoms with Crippen molar-refractivity contribution < 1.29 is 9.53 Å². The largest absolute Gasteiger partial charge is 0.444 e. The Labute approximate surface area is 138 Å². The Kier molecular flexibility index (Phi) is 5.29. The summed E-state index contributed by atoms with van der Waals surface area (Å²) in [6.07, 6.45) is 1.49. The highest BCUT2D eigenvalue weighted by Gasteiger charge is 2.26. The number of likely N-dealkylation sites (tertiary alicyclic amines) is 1. The number of hydrogen-bond acceptors (Lipinski definition) is 3. The molecule has 0 aliphatic carbocycles. The maximum Gasteiger partial charge on any atom is 0.410 e. The van der Waals surface area contributed by atoms with Crippen molar-refractivity contribution in [2.75, 3.05) is 13.1 Å². The van der Waals surface area contributed by atoms with Gasteiger partial charge in [-0.05, 0) is 57.9 Å². The molecule has 1 aliphatic heterocycles. The Morgan fingerprint density at radius 3 is 2.26 bits per heavy atom. The Bertz CT molecular complexity index is 646. The molecule has 0 spiro atoms. The van der Waals surface area contributed by atoms with Gasteiger partial charge < -0.3 is 9.64 Å². The van der Waals surface area contributed by atoms with Crippen LogP contribution in [0, 0.1) is 29.1 Å². The molecule has 0 saturated carbocycles. The fourth-order valence-electron chi connectivity index (χ4n) is 2.35. The Morgan fingerprint density at radius 1 is 1.17 bits per heavy atom. The molecule has 0 aromatic heterocycles. The zero-order chi connectivity index (χ0) is 16.9. The molecule has 2 rings (SSSR count). The van der Waals surface area contributed by atoms with Gasteiger partial charge in [-0.15, -0.1) is 0 Å². The average molecular weight is 310 g/mol. The monoisotopic (exact) mass is 310 g/mol. The van der Waals surface area contributed by atoms with Gasteiger partial charge >= 0.3 is 6.09 Å². The molecule has 1 heterocycles. The van der Waals surface area contributed by atoms with Gasteiger partial charge in [0.1, 0.15) is 5.60 Å². The van der Waals surface area contributed by atoms with E-state index in [0.29, 0.717) is 24.6 Å². The number of carbonyl (C=O) groups is 1. The number of piperidine rings is 1. The van der Waals surface area contributed by atoms with Crippen LogP contribution in [0.5, 0.6) is 0 Å². The molecule has 1 amide bonds. The third-order valence-electron chi connectivity index (χ3n) is 3.58. The smallest absolute Gasteiger partial charge is 0.410 e. The van der Waals surface area contributed by atoms with Crippen molar-refractivity contribution in [1.82, 2.24) is 4.90 Å². The lowest BCUT2D eigenvalue weighted by Crippen LogP contribution is -2.41. The van der Waals surface area contributed by atoms with Crippen molar-refractivity contribution in [3.63, 3.8) is 0 Å². The van der Waals surface area contributed by atoms with Crippen LogP contribution in [0.1, 0.15) is 44.7 Å². The maximum absolute atomic E-state index is 12.0. The molecule has 23 heavy (non-hydrogen) atoms. The molecule has 0 radical (unpaired) electrons. The molecule has 0 unspecified atom stereocenters. The first-order valence-corrected chi connectivity index (χ1v) is 7.87. The molecule has 1 aromatic carbocycles. The molecule has 1 fully saturated rings. The third kappa shape index (κ3) is 5.34. The maximum atomic E-state index is 12.0. The van der Waals surface area contributed by atoms with Gasteiger partial charge in [0, 0.05) is 24.6 Å². The van der Waals surface area contributed by atoms with Crippen LogP contribution in [0.15, 0.2) is 24.3 Å². The fraction of sp³-hybridized carbons (Fsp3) is 0.474. The Hall–Kier alpha value is -2.46. The van der Waals surface area contributed by atoms with Gasteiger partial charge in [-0.3, -0.25) is 0 Å². The average Bonchev–Trinajstić information content (AvgIpc) is 2.52. The van der Waals surface area contributed by atoms with E-state index in [9.17, 15) is 4.79 Å². The first-order valence-electron chi connectivity index (χ1n) is 7.87. The lowest BCUT2D eigenvalue weighted by molar-refractivity contribution is 0.0199. The summed E-state index contributed by atoms with van der Waals surface area (Å²) in [7, 11) is 0. The number of rotatable bonds is 0. The number of carbonyl (C=O) groups excluding carboxylic acids is 1. The van der Waals surface area contributed by atoms with Gasteiger partial charge in [-0.1, -0.05) is 11.8 Å². The van der Waals surface area contributed by atoms with Crippen LogP contribution >= 0.6 is 0 Å². The minimum Gasteiger partial charge on any atom is -0.444 e.